The summed E-state index contributed by atoms with van der Waals surface area (Å²) in [4.78, 5) is 27.7. The van der Waals surface area contributed by atoms with E-state index in [2.05, 4.69) is 12.2 Å². The number of unbranched alkanes of at least 4 members (excludes halogenated alkanes) is 1. The van der Waals surface area contributed by atoms with Gasteiger partial charge in [-0.15, -0.1) is 0 Å². The zero-order valence-corrected chi connectivity index (χ0v) is 18.2. The number of carbonyl (C=O) groups is 2. The van der Waals surface area contributed by atoms with E-state index >= 15 is 0 Å². The van der Waals surface area contributed by atoms with Crippen molar-refractivity contribution >= 4 is 23.1 Å². The van der Waals surface area contributed by atoms with E-state index in [4.69, 9.17) is 9.47 Å². The van der Waals surface area contributed by atoms with Crippen molar-refractivity contribution in [3.8, 4) is 5.75 Å². The predicted molar refractivity (Wildman–Crippen MR) is 122 cm³/mol. The summed E-state index contributed by atoms with van der Waals surface area (Å²) in [5, 5.41) is 3.17. The van der Waals surface area contributed by atoms with Crippen molar-refractivity contribution in [3.63, 3.8) is 0 Å². The van der Waals surface area contributed by atoms with Crippen molar-refractivity contribution in [1.82, 2.24) is 4.90 Å². The molecule has 1 heterocycles. The maximum Gasteiger partial charge on any atom is 0.278 e. The first-order valence-corrected chi connectivity index (χ1v) is 10.9. The highest BCUT2D eigenvalue weighted by Gasteiger charge is 2.38. The molecule has 0 saturated heterocycles. The van der Waals surface area contributed by atoms with Crippen molar-refractivity contribution < 1.29 is 19.1 Å². The summed E-state index contributed by atoms with van der Waals surface area (Å²) in [7, 11) is 0. The first-order chi connectivity index (χ1) is 15.2. The van der Waals surface area contributed by atoms with Crippen LogP contribution in [0, 0.1) is 0 Å². The Labute approximate surface area is 183 Å². The maximum atomic E-state index is 13.2. The summed E-state index contributed by atoms with van der Waals surface area (Å²) in [5.41, 5.74) is 2.09. The minimum absolute atomic E-state index is 0.284. The van der Waals surface area contributed by atoms with Crippen molar-refractivity contribution in [2.45, 2.75) is 33.1 Å². The van der Waals surface area contributed by atoms with Gasteiger partial charge >= 0.3 is 0 Å². The van der Waals surface area contributed by atoms with Gasteiger partial charge in [0.25, 0.3) is 11.8 Å². The van der Waals surface area contributed by atoms with E-state index in [0.717, 1.165) is 12.8 Å². The quantitative estimate of drug-likeness (QED) is 0.403. The molecule has 0 aromatic heterocycles. The third kappa shape index (κ3) is 5.73. The second-order valence-corrected chi connectivity index (χ2v) is 7.28. The monoisotopic (exact) mass is 422 g/mol. The molecule has 2 amide bonds. The first kappa shape index (κ1) is 22.6. The molecule has 164 valence electrons. The lowest BCUT2D eigenvalue weighted by Gasteiger charge is -2.15. The molecule has 3 rings (SSSR count). The van der Waals surface area contributed by atoms with E-state index in [9.17, 15) is 9.59 Å². The smallest absolute Gasteiger partial charge is 0.278 e. The van der Waals surface area contributed by atoms with Crippen LogP contribution in [0.1, 0.15) is 38.7 Å². The third-order valence-corrected chi connectivity index (χ3v) is 4.96. The molecule has 1 N–H and O–H groups in total. The molecule has 0 saturated carbocycles. The zero-order chi connectivity index (χ0) is 22.1. The molecule has 0 unspecified atom stereocenters. The van der Waals surface area contributed by atoms with E-state index in [1.807, 2.05) is 61.5 Å². The Morgan fingerprint density at radius 2 is 1.68 bits per heavy atom. The molecule has 6 nitrogen and oxygen atoms in total. The number of carbonyl (C=O) groups excluding carboxylic acids is 2. The van der Waals surface area contributed by atoms with Gasteiger partial charge in [-0.3, -0.25) is 14.5 Å². The van der Waals surface area contributed by atoms with Crippen LogP contribution < -0.4 is 10.1 Å². The second-order valence-electron chi connectivity index (χ2n) is 7.28. The van der Waals surface area contributed by atoms with Gasteiger partial charge in [0.2, 0.25) is 0 Å². The number of nitrogens with one attached hydrogen (secondary N) is 1. The van der Waals surface area contributed by atoms with Crippen molar-refractivity contribution in [3.05, 3.63) is 65.9 Å². The van der Waals surface area contributed by atoms with Gasteiger partial charge in [0.15, 0.2) is 0 Å². The van der Waals surface area contributed by atoms with Gasteiger partial charge in [0.05, 0.1) is 12.2 Å². The molecule has 0 fully saturated rings. The lowest BCUT2D eigenvalue weighted by atomic mass is 10.0. The lowest BCUT2D eigenvalue weighted by molar-refractivity contribution is -0.137. The van der Waals surface area contributed by atoms with Gasteiger partial charge in [-0.25, -0.2) is 0 Å². The van der Waals surface area contributed by atoms with Gasteiger partial charge in [0.1, 0.15) is 11.4 Å². The number of amides is 2. The number of hydrogen-bond donors (Lipinski definition) is 1. The molecule has 6 heteroatoms. The molecule has 0 radical (unpaired) electrons. The number of imide groups is 1. The number of anilines is 1. The Bertz CT molecular complexity index is 924. The average molecular weight is 423 g/mol. The molecular weight excluding hydrogens is 392 g/mol. The molecule has 0 atom stereocenters. The van der Waals surface area contributed by atoms with Crippen LogP contribution in [-0.4, -0.2) is 43.1 Å². The molecule has 2 aromatic rings. The number of hydrogen-bond acceptors (Lipinski definition) is 5. The highest BCUT2D eigenvalue weighted by Crippen LogP contribution is 2.31. The molecule has 2 aromatic carbocycles. The van der Waals surface area contributed by atoms with E-state index in [-0.39, 0.29) is 17.5 Å². The number of ether oxygens (including phenoxy) is 2. The van der Waals surface area contributed by atoms with Crippen LogP contribution in [0.15, 0.2) is 60.3 Å². The predicted octanol–water partition coefficient (Wildman–Crippen LogP) is 4.48. The Kier molecular flexibility index (Phi) is 8.24. The number of nitrogens with zero attached hydrogens (tertiary/aromatic N) is 1. The molecule has 31 heavy (non-hydrogen) atoms. The van der Waals surface area contributed by atoms with Crippen LogP contribution in [0.3, 0.4) is 0 Å². The largest absolute Gasteiger partial charge is 0.494 e. The minimum atomic E-state index is -0.320. The Morgan fingerprint density at radius 3 is 2.42 bits per heavy atom. The highest BCUT2D eigenvalue weighted by atomic mass is 16.5. The summed E-state index contributed by atoms with van der Waals surface area (Å²) >= 11 is 0. The van der Waals surface area contributed by atoms with Gasteiger partial charge < -0.3 is 14.8 Å². The minimum Gasteiger partial charge on any atom is -0.494 e. The van der Waals surface area contributed by atoms with Crippen LogP contribution in [0.25, 0.3) is 5.57 Å². The summed E-state index contributed by atoms with van der Waals surface area (Å²) in [5.74, 6) is 0.0969. The van der Waals surface area contributed by atoms with Crippen LogP contribution in [-0.2, 0) is 14.3 Å². The first-order valence-electron chi connectivity index (χ1n) is 10.9. The SMILES string of the molecule is CCCCOCCCN1C(=O)C(Nc2cccc(OCC)c2)=C(c2ccccc2)C1=O. The molecule has 0 bridgehead atoms. The van der Waals surface area contributed by atoms with Crippen LogP contribution >= 0.6 is 0 Å². The fourth-order valence-corrected chi connectivity index (χ4v) is 3.42. The van der Waals surface area contributed by atoms with E-state index in [1.54, 1.807) is 0 Å². The second kappa shape index (κ2) is 11.3. The molecule has 1 aliphatic heterocycles. The van der Waals surface area contributed by atoms with Gasteiger partial charge in [0, 0.05) is 31.5 Å². The van der Waals surface area contributed by atoms with Crippen molar-refractivity contribution in [2.75, 3.05) is 31.7 Å². The van der Waals surface area contributed by atoms with Gasteiger partial charge in [-0.1, -0.05) is 49.7 Å². The Morgan fingerprint density at radius 1 is 0.903 bits per heavy atom. The fourth-order valence-electron chi connectivity index (χ4n) is 3.42. The number of rotatable bonds is 12. The number of benzene rings is 2. The fraction of sp³-hybridized carbons (Fsp3) is 0.360. The van der Waals surface area contributed by atoms with E-state index < -0.39 is 0 Å². The van der Waals surface area contributed by atoms with Crippen molar-refractivity contribution in [2.24, 2.45) is 0 Å². The van der Waals surface area contributed by atoms with E-state index in [0.29, 0.717) is 55.4 Å². The van der Waals surface area contributed by atoms with Crippen LogP contribution in [0.2, 0.25) is 0 Å². The molecule has 1 aliphatic rings. The standard InChI is InChI=1S/C25H30N2O4/c1-3-5-16-30-17-10-15-27-24(28)22(19-11-7-6-8-12-19)23(25(27)29)26-20-13-9-14-21(18-20)31-4-2/h6-9,11-14,18,26H,3-5,10,15-17H2,1-2H3. The summed E-state index contributed by atoms with van der Waals surface area (Å²) in [6.07, 6.45) is 2.69. The van der Waals surface area contributed by atoms with Crippen LogP contribution in [0.5, 0.6) is 5.75 Å². The maximum absolute atomic E-state index is 13.2. The Balaban J connectivity index is 1.80. The molecule has 0 spiro atoms. The normalized spacial score (nSPS) is 13.8. The third-order valence-electron chi connectivity index (χ3n) is 4.96. The Hall–Kier alpha value is -3.12. The van der Waals surface area contributed by atoms with Crippen molar-refractivity contribution in [1.29, 1.82) is 0 Å². The van der Waals surface area contributed by atoms with E-state index in [1.165, 1.54) is 4.90 Å². The summed E-state index contributed by atoms with van der Waals surface area (Å²) in [6, 6.07) is 16.7. The van der Waals surface area contributed by atoms with Gasteiger partial charge in [-0.05, 0) is 37.5 Å². The van der Waals surface area contributed by atoms with Gasteiger partial charge in [-0.2, -0.15) is 0 Å². The summed E-state index contributed by atoms with van der Waals surface area (Å²) < 4.78 is 11.1. The molecular formula is C25H30N2O4. The topological polar surface area (TPSA) is 67.9 Å². The molecule has 0 aliphatic carbocycles. The zero-order valence-electron chi connectivity index (χ0n) is 18.2. The summed E-state index contributed by atoms with van der Waals surface area (Å²) in [6.45, 7) is 6.13. The highest BCUT2D eigenvalue weighted by molar-refractivity contribution is 6.36. The lowest BCUT2D eigenvalue weighted by Crippen LogP contribution is -2.34. The van der Waals surface area contributed by atoms with Crippen LogP contribution in [0.4, 0.5) is 5.69 Å². The average Bonchev–Trinajstić information content (AvgIpc) is 3.01.